The second-order valence-electron chi connectivity index (χ2n) is 5.62. The van der Waals surface area contributed by atoms with Crippen molar-refractivity contribution in [3.63, 3.8) is 0 Å². The molecule has 2 fully saturated rings. The summed E-state index contributed by atoms with van der Waals surface area (Å²) in [6.07, 6.45) is 0.437. The van der Waals surface area contributed by atoms with Crippen LogP contribution in [0.3, 0.4) is 0 Å². The fraction of sp³-hybridized carbons (Fsp3) is 0.400. The van der Waals surface area contributed by atoms with Crippen molar-refractivity contribution in [2.45, 2.75) is 6.42 Å². The predicted octanol–water partition coefficient (Wildman–Crippen LogP) is 1.42. The van der Waals surface area contributed by atoms with Gasteiger partial charge in [-0.1, -0.05) is 11.6 Å². The van der Waals surface area contributed by atoms with E-state index in [0.29, 0.717) is 31.7 Å². The van der Waals surface area contributed by atoms with Crippen molar-refractivity contribution in [3.8, 4) is 0 Å². The predicted molar refractivity (Wildman–Crippen MR) is 83.8 cm³/mol. The number of aliphatic carboxylic acids is 1. The first-order valence-corrected chi connectivity index (χ1v) is 7.72. The molecule has 1 atom stereocenters. The van der Waals surface area contributed by atoms with Crippen molar-refractivity contribution in [2.24, 2.45) is 5.92 Å². The van der Waals surface area contributed by atoms with Gasteiger partial charge in [-0.15, -0.1) is 0 Å². The van der Waals surface area contributed by atoms with Crippen LogP contribution >= 0.6 is 11.6 Å². The number of benzene rings is 1. The van der Waals surface area contributed by atoms with Crippen LogP contribution in [0.15, 0.2) is 18.2 Å². The van der Waals surface area contributed by atoms with Crippen LogP contribution in [0.5, 0.6) is 0 Å². The lowest BCUT2D eigenvalue weighted by atomic mass is 10.1. The summed E-state index contributed by atoms with van der Waals surface area (Å²) < 4.78 is 0. The van der Waals surface area contributed by atoms with E-state index in [0.717, 1.165) is 0 Å². The Hall–Kier alpha value is -2.28. The molecule has 3 amide bonds. The molecule has 1 aromatic rings. The summed E-state index contributed by atoms with van der Waals surface area (Å²) in [5.74, 6) is -1.74. The number of anilines is 1. The van der Waals surface area contributed by atoms with E-state index < -0.39 is 11.9 Å². The van der Waals surface area contributed by atoms with E-state index in [1.807, 2.05) is 0 Å². The lowest BCUT2D eigenvalue weighted by Crippen LogP contribution is -2.31. The average Bonchev–Trinajstić information content (AvgIpc) is 3.16. The number of hydrogen-bond acceptors (Lipinski definition) is 3. The maximum Gasteiger partial charge on any atom is 0.321 e. The number of carboxylic acid groups (broad SMARTS) is 1. The van der Waals surface area contributed by atoms with Crippen LogP contribution in [0.25, 0.3) is 0 Å². The minimum absolute atomic E-state index is 0.179. The first kappa shape index (κ1) is 15.6. The van der Waals surface area contributed by atoms with Gasteiger partial charge in [-0.25, -0.2) is 4.79 Å². The van der Waals surface area contributed by atoms with Crippen LogP contribution in [-0.4, -0.2) is 54.1 Å². The molecule has 2 heterocycles. The summed E-state index contributed by atoms with van der Waals surface area (Å²) in [5.41, 5.74) is 0.886. The van der Waals surface area contributed by atoms with Gasteiger partial charge in [-0.05, 0) is 24.6 Å². The molecule has 0 radical (unpaired) electrons. The molecule has 0 spiro atoms. The van der Waals surface area contributed by atoms with E-state index >= 15 is 0 Å². The van der Waals surface area contributed by atoms with Crippen LogP contribution < -0.4 is 10.2 Å². The van der Waals surface area contributed by atoms with Crippen molar-refractivity contribution >= 4 is 35.2 Å². The molecule has 0 saturated carbocycles. The molecule has 0 aliphatic carbocycles. The number of amides is 3. The van der Waals surface area contributed by atoms with Crippen molar-refractivity contribution in [3.05, 3.63) is 28.8 Å². The number of hydrogen-bond donors (Lipinski definition) is 2. The van der Waals surface area contributed by atoms with E-state index in [1.165, 1.54) is 9.80 Å². The molecule has 0 aromatic heterocycles. The quantitative estimate of drug-likeness (QED) is 0.872. The van der Waals surface area contributed by atoms with E-state index in [9.17, 15) is 14.4 Å². The largest absolute Gasteiger partial charge is 0.481 e. The Kier molecular flexibility index (Phi) is 4.12. The minimum atomic E-state index is -0.895. The van der Waals surface area contributed by atoms with Crippen LogP contribution in [0.1, 0.15) is 16.8 Å². The first-order valence-electron chi connectivity index (χ1n) is 7.34. The molecule has 2 saturated heterocycles. The monoisotopic (exact) mass is 337 g/mol. The summed E-state index contributed by atoms with van der Waals surface area (Å²) in [5, 5.41) is 12.0. The lowest BCUT2D eigenvalue weighted by molar-refractivity contribution is -0.141. The number of nitrogens with zero attached hydrogens (tertiary/aromatic N) is 2. The third-order valence-electron chi connectivity index (χ3n) is 4.17. The zero-order valence-electron chi connectivity index (χ0n) is 12.3. The maximum absolute atomic E-state index is 12.6. The van der Waals surface area contributed by atoms with E-state index in [1.54, 1.807) is 18.2 Å². The number of carbonyl (C=O) groups excluding carboxylic acids is 2. The Labute approximate surface area is 137 Å². The highest BCUT2D eigenvalue weighted by molar-refractivity contribution is 6.34. The molecule has 2 aliphatic rings. The molecule has 1 unspecified atom stereocenters. The summed E-state index contributed by atoms with van der Waals surface area (Å²) in [6, 6.07) is 4.65. The van der Waals surface area contributed by atoms with Gasteiger partial charge in [0.1, 0.15) is 0 Å². The fourth-order valence-corrected chi connectivity index (χ4v) is 3.08. The Morgan fingerprint density at radius 2 is 2.09 bits per heavy atom. The fourth-order valence-electron chi connectivity index (χ4n) is 2.88. The number of nitrogens with one attached hydrogen (secondary N) is 1. The van der Waals surface area contributed by atoms with Crippen molar-refractivity contribution in [1.82, 2.24) is 10.2 Å². The Morgan fingerprint density at radius 1 is 1.30 bits per heavy atom. The van der Waals surface area contributed by atoms with Crippen molar-refractivity contribution < 1.29 is 19.5 Å². The lowest BCUT2D eigenvalue weighted by Gasteiger charge is -2.19. The number of likely N-dealkylation sites (tertiary alicyclic amines) is 1. The van der Waals surface area contributed by atoms with Gasteiger partial charge < -0.3 is 15.3 Å². The third-order valence-corrected chi connectivity index (χ3v) is 4.50. The molecule has 23 heavy (non-hydrogen) atoms. The van der Waals surface area contributed by atoms with Crippen LogP contribution in [0, 0.1) is 5.92 Å². The summed E-state index contributed by atoms with van der Waals surface area (Å²) in [6.45, 7) is 1.65. The van der Waals surface area contributed by atoms with Crippen LogP contribution in [0.4, 0.5) is 10.5 Å². The van der Waals surface area contributed by atoms with E-state index in [4.69, 9.17) is 16.7 Å². The number of carbonyl (C=O) groups is 3. The number of rotatable bonds is 3. The molecule has 7 nitrogen and oxygen atoms in total. The zero-order chi connectivity index (χ0) is 16.6. The Balaban J connectivity index is 1.83. The van der Waals surface area contributed by atoms with Gasteiger partial charge in [-0.2, -0.15) is 0 Å². The topological polar surface area (TPSA) is 89.9 Å². The minimum Gasteiger partial charge on any atom is -0.481 e. The van der Waals surface area contributed by atoms with Gasteiger partial charge in [0.05, 0.1) is 16.5 Å². The third kappa shape index (κ3) is 2.96. The molecular formula is C15H16ClN3O4. The molecule has 8 heteroatoms. The van der Waals surface area contributed by atoms with Crippen molar-refractivity contribution in [1.29, 1.82) is 0 Å². The summed E-state index contributed by atoms with van der Waals surface area (Å²) in [7, 11) is 0. The van der Waals surface area contributed by atoms with Gasteiger partial charge in [0.15, 0.2) is 0 Å². The standard InChI is InChI=1S/C15H16ClN3O4/c16-12-2-1-10(19-6-4-17-15(19)23)7-11(12)13(20)18-5-3-9(8-18)14(21)22/h1-2,7,9H,3-6,8H2,(H,17,23)(H,21,22). The molecule has 2 aliphatic heterocycles. The van der Waals surface area contributed by atoms with Crippen LogP contribution in [0.2, 0.25) is 5.02 Å². The van der Waals surface area contributed by atoms with Gasteiger partial charge in [0.2, 0.25) is 0 Å². The maximum atomic E-state index is 12.6. The van der Waals surface area contributed by atoms with Gasteiger partial charge in [0, 0.05) is 31.9 Å². The molecule has 0 bridgehead atoms. The Bertz CT molecular complexity index is 679. The normalized spacial score (nSPS) is 20.7. The molecule has 2 N–H and O–H groups in total. The molecule has 1 aromatic carbocycles. The molecular weight excluding hydrogens is 322 g/mol. The number of carboxylic acids is 1. The zero-order valence-corrected chi connectivity index (χ0v) is 13.0. The Morgan fingerprint density at radius 3 is 2.70 bits per heavy atom. The average molecular weight is 338 g/mol. The highest BCUT2D eigenvalue weighted by atomic mass is 35.5. The highest BCUT2D eigenvalue weighted by Crippen LogP contribution is 2.27. The van der Waals surface area contributed by atoms with E-state index in [-0.39, 0.29) is 29.1 Å². The SMILES string of the molecule is O=C(O)C1CCN(C(=O)c2cc(N3CCNC3=O)ccc2Cl)C1. The van der Waals surface area contributed by atoms with Gasteiger partial charge in [0.25, 0.3) is 5.91 Å². The second kappa shape index (κ2) is 6.08. The summed E-state index contributed by atoms with van der Waals surface area (Å²) in [4.78, 5) is 38.4. The highest BCUT2D eigenvalue weighted by Gasteiger charge is 2.32. The van der Waals surface area contributed by atoms with Crippen molar-refractivity contribution in [2.75, 3.05) is 31.1 Å². The van der Waals surface area contributed by atoms with Gasteiger partial charge >= 0.3 is 12.0 Å². The second-order valence-corrected chi connectivity index (χ2v) is 6.03. The smallest absolute Gasteiger partial charge is 0.321 e. The molecule has 122 valence electrons. The number of halogens is 1. The van der Waals surface area contributed by atoms with Crippen LogP contribution in [-0.2, 0) is 4.79 Å². The molecule has 3 rings (SSSR count). The number of urea groups is 1. The summed E-state index contributed by atoms with van der Waals surface area (Å²) >= 11 is 6.13. The van der Waals surface area contributed by atoms with E-state index in [2.05, 4.69) is 5.32 Å². The first-order chi connectivity index (χ1) is 11.0. The van der Waals surface area contributed by atoms with Gasteiger partial charge in [-0.3, -0.25) is 14.5 Å².